The van der Waals surface area contributed by atoms with Gasteiger partial charge in [-0.05, 0) is 54.0 Å². The minimum Gasteiger partial charge on any atom is -0.550 e. The van der Waals surface area contributed by atoms with E-state index >= 15 is 0 Å². The van der Waals surface area contributed by atoms with Crippen molar-refractivity contribution in [2.24, 2.45) is 17.6 Å². The summed E-state index contributed by atoms with van der Waals surface area (Å²) in [5.41, 5.74) is 8.02. The molecule has 1 fully saturated rings. The molecule has 0 aromatic heterocycles. The number of aliphatic carboxylic acids is 1. The summed E-state index contributed by atoms with van der Waals surface area (Å²) in [6.07, 6.45) is 1.37. The van der Waals surface area contributed by atoms with E-state index in [-0.39, 0.29) is 5.41 Å². The number of rotatable bonds is 7. The Hall–Kier alpha value is -2.66. The summed E-state index contributed by atoms with van der Waals surface area (Å²) in [5, 5.41) is 11.7. The maximum absolute atomic E-state index is 11.7. The number of benzene rings is 2. The van der Waals surface area contributed by atoms with Crippen LogP contribution in [-0.4, -0.2) is 36.4 Å². The van der Waals surface area contributed by atoms with Crippen LogP contribution in [0.4, 0.5) is 0 Å². The number of primary amides is 1. The molecule has 2 aromatic carbocycles. The van der Waals surface area contributed by atoms with Crippen molar-refractivity contribution >= 4 is 11.9 Å². The Bertz CT molecular complexity index is 867. The van der Waals surface area contributed by atoms with Crippen LogP contribution in [0, 0.1) is 11.8 Å². The summed E-state index contributed by atoms with van der Waals surface area (Å²) in [5.74, 6) is -1.65. The van der Waals surface area contributed by atoms with Gasteiger partial charge in [-0.25, -0.2) is 0 Å². The fourth-order valence-electron chi connectivity index (χ4n) is 4.37. The van der Waals surface area contributed by atoms with Crippen LogP contribution in [0.5, 0.6) is 0 Å². The minimum absolute atomic E-state index is 0.0850. The average molecular weight is 394 g/mol. The zero-order chi connectivity index (χ0) is 21.0. The van der Waals surface area contributed by atoms with Gasteiger partial charge in [-0.15, -0.1) is 0 Å². The zero-order valence-corrected chi connectivity index (χ0v) is 17.1. The summed E-state index contributed by atoms with van der Waals surface area (Å²) in [6, 6.07) is 17.3. The fraction of sp³-hybridized carbons (Fsp3) is 0.417. The molecule has 29 heavy (non-hydrogen) atoms. The standard InChI is InChI=1S/C24H30N2O3/c1-17-15-26(16-20(23(28)29)13-18-7-4-3-5-8-18)12-11-24(17,2)21-10-6-9-19(14-21)22(25)27/h3-10,14,17,20H,11-13,15-16H2,1-2H3,(H2,25,27)(H,28,29)/p-1/t17-,20-,24+/m0/s1. The highest BCUT2D eigenvalue weighted by atomic mass is 16.4. The molecule has 1 aliphatic rings. The Labute approximate surface area is 172 Å². The van der Waals surface area contributed by atoms with Crippen molar-refractivity contribution in [3.05, 3.63) is 71.3 Å². The first-order chi connectivity index (χ1) is 13.8. The highest BCUT2D eigenvalue weighted by Crippen LogP contribution is 2.39. The van der Waals surface area contributed by atoms with Crippen molar-refractivity contribution in [2.75, 3.05) is 19.6 Å². The first kappa shape index (κ1) is 21.1. The molecule has 1 heterocycles. The molecular formula is C24H29N2O3-. The molecule has 3 atom stereocenters. The maximum Gasteiger partial charge on any atom is 0.248 e. The molecule has 1 saturated heterocycles. The SMILES string of the molecule is C[C@H]1CN(C[C@H](Cc2ccccc2)C(=O)[O-])CC[C@@]1(C)c1cccc(C(N)=O)c1. The van der Waals surface area contributed by atoms with Gasteiger partial charge < -0.3 is 20.5 Å². The van der Waals surface area contributed by atoms with Gasteiger partial charge in [0.05, 0.1) is 0 Å². The van der Waals surface area contributed by atoms with Gasteiger partial charge in [-0.1, -0.05) is 56.3 Å². The molecule has 3 rings (SSSR count). The lowest BCUT2D eigenvalue weighted by atomic mass is 9.67. The molecule has 5 heteroatoms. The van der Waals surface area contributed by atoms with Crippen LogP contribution in [0.25, 0.3) is 0 Å². The molecule has 0 aliphatic carbocycles. The number of carboxylic acid groups (broad SMARTS) is 1. The number of piperidine rings is 1. The monoisotopic (exact) mass is 393 g/mol. The topological polar surface area (TPSA) is 86.5 Å². The first-order valence-corrected chi connectivity index (χ1v) is 10.2. The van der Waals surface area contributed by atoms with E-state index < -0.39 is 17.8 Å². The van der Waals surface area contributed by atoms with E-state index in [0.29, 0.717) is 24.4 Å². The highest BCUT2D eigenvalue weighted by Gasteiger charge is 2.38. The van der Waals surface area contributed by atoms with Crippen LogP contribution in [0.15, 0.2) is 54.6 Å². The van der Waals surface area contributed by atoms with Gasteiger partial charge in [0.1, 0.15) is 0 Å². The lowest BCUT2D eigenvalue weighted by Gasteiger charge is -2.46. The number of carboxylic acids is 1. The number of nitrogens with zero attached hydrogens (tertiary/aromatic N) is 1. The third-order valence-corrected chi connectivity index (χ3v) is 6.51. The molecule has 0 unspecified atom stereocenters. The second-order valence-electron chi connectivity index (χ2n) is 8.48. The van der Waals surface area contributed by atoms with Gasteiger partial charge in [-0.2, -0.15) is 0 Å². The van der Waals surface area contributed by atoms with Gasteiger partial charge in [0.2, 0.25) is 5.91 Å². The molecule has 1 aliphatic heterocycles. The predicted octanol–water partition coefficient (Wildman–Crippen LogP) is 1.99. The minimum atomic E-state index is -0.996. The summed E-state index contributed by atoms with van der Waals surface area (Å²) < 4.78 is 0. The van der Waals surface area contributed by atoms with E-state index in [9.17, 15) is 14.7 Å². The first-order valence-electron chi connectivity index (χ1n) is 10.2. The summed E-state index contributed by atoms with van der Waals surface area (Å²) >= 11 is 0. The highest BCUT2D eigenvalue weighted by molar-refractivity contribution is 5.92. The Morgan fingerprint density at radius 2 is 1.93 bits per heavy atom. The van der Waals surface area contributed by atoms with E-state index in [1.807, 2.05) is 42.5 Å². The number of likely N-dealkylation sites (tertiary alicyclic amines) is 1. The van der Waals surface area contributed by atoms with Gasteiger partial charge in [0.25, 0.3) is 0 Å². The van der Waals surface area contributed by atoms with Crippen molar-refractivity contribution in [1.29, 1.82) is 0 Å². The molecule has 0 bridgehead atoms. The van der Waals surface area contributed by atoms with Gasteiger partial charge >= 0.3 is 0 Å². The van der Waals surface area contributed by atoms with Crippen LogP contribution < -0.4 is 10.8 Å². The van der Waals surface area contributed by atoms with Crippen molar-refractivity contribution in [1.82, 2.24) is 4.90 Å². The van der Waals surface area contributed by atoms with Crippen LogP contribution in [0.3, 0.4) is 0 Å². The lowest BCUT2D eigenvalue weighted by Crippen LogP contribution is -2.50. The summed E-state index contributed by atoms with van der Waals surface area (Å²) in [7, 11) is 0. The summed E-state index contributed by atoms with van der Waals surface area (Å²) in [6.45, 7) is 6.50. The van der Waals surface area contributed by atoms with Gasteiger partial charge in [-0.3, -0.25) is 4.79 Å². The molecule has 154 valence electrons. The Morgan fingerprint density at radius 1 is 1.21 bits per heavy atom. The molecule has 2 N–H and O–H groups in total. The third-order valence-electron chi connectivity index (χ3n) is 6.51. The van der Waals surface area contributed by atoms with Gasteiger partial charge in [0, 0.05) is 30.5 Å². The molecule has 0 radical (unpaired) electrons. The number of nitrogens with two attached hydrogens (primary N) is 1. The zero-order valence-electron chi connectivity index (χ0n) is 17.1. The van der Waals surface area contributed by atoms with Crippen LogP contribution in [0.2, 0.25) is 0 Å². The van der Waals surface area contributed by atoms with E-state index in [1.165, 1.54) is 0 Å². The fourth-order valence-corrected chi connectivity index (χ4v) is 4.37. The molecule has 0 spiro atoms. The molecule has 5 nitrogen and oxygen atoms in total. The summed E-state index contributed by atoms with van der Waals surface area (Å²) in [4.78, 5) is 25.5. The van der Waals surface area contributed by atoms with E-state index in [0.717, 1.165) is 30.6 Å². The Kier molecular flexibility index (Phi) is 6.38. The smallest absolute Gasteiger partial charge is 0.248 e. The quantitative estimate of drug-likeness (QED) is 0.779. The predicted molar refractivity (Wildman–Crippen MR) is 111 cm³/mol. The second kappa shape index (κ2) is 8.78. The number of hydrogen-bond acceptors (Lipinski definition) is 4. The van der Waals surface area contributed by atoms with E-state index in [4.69, 9.17) is 5.73 Å². The third kappa shape index (κ3) is 4.85. The number of hydrogen-bond donors (Lipinski definition) is 1. The molecule has 2 aromatic rings. The van der Waals surface area contributed by atoms with Crippen molar-refractivity contribution in [3.63, 3.8) is 0 Å². The molecule has 0 saturated carbocycles. The van der Waals surface area contributed by atoms with Crippen LogP contribution >= 0.6 is 0 Å². The van der Waals surface area contributed by atoms with Crippen molar-refractivity contribution in [3.8, 4) is 0 Å². The van der Waals surface area contributed by atoms with Crippen LogP contribution in [-0.2, 0) is 16.6 Å². The van der Waals surface area contributed by atoms with Crippen molar-refractivity contribution in [2.45, 2.75) is 32.1 Å². The van der Waals surface area contributed by atoms with Crippen molar-refractivity contribution < 1.29 is 14.7 Å². The number of amides is 1. The van der Waals surface area contributed by atoms with E-state index in [1.54, 1.807) is 6.07 Å². The Morgan fingerprint density at radius 3 is 2.55 bits per heavy atom. The second-order valence-corrected chi connectivity index (χ2v) is 8.48. The molecule has 1 amide bonds. The number of carbonyl (C=O) groups is 2. The Balaban J connectivity index is 1.69. The average Bonchev–Trinajstić information content (AvgIpc) is 2.71. The molecular weight excluding hydrogens is 364 g/mol. The largest absolute Gasteiger partial charge is 0.550 e. The normalized spacial score (nSPS) is 23.4. The van der Waals surface area contributed by atoms with E-state index in [2.05, 4.69) is 24.8 Å². The van der Waals surface area contributed by atoms with Gasteiger partial charge in [0.15, 0.2) is 0 Å². The van der Waals surface area contributed by atoms with Crippen LogP contribution in [0.1, 0.15) is 41.8 Å². The lowest BCUT2D eigenvalue weighted by molar-refractivity contribution is -0.312. The maximum atomic E-state index is 11.7. The number of carbonyl (C=O) groups excluding carboxylic acids is 2.